The summed E-state index contributed by atoms with van der Waals surface area (Å²) in [4.78, 5) is 10.8. The largest absolute Gasteiger partial charge is 0.497 e. The average molecular weight is 352 g/mol. The Morgan fingerprint density at radius 3 is 2.69 bits per heavy atom. The molecule has 0 aromatic heterocycles. The molecule has 0 unspecified atom stereocenters. The lowest BCUT2D eigenvalue weighted by Gasteiger charge is -2.37. The van der Waals surface area contributed by atoms with Crippen molar-refractivity contribution >= 4 is 11.4 Å². The van der Waals surface area contributed by atoms with E-state index in [1.807, 2.05) is 18.2 Å². The van der Waals surface area contributed by atoms with Crippen LogP contribution in [-0.2, 0) is 0 Å². The monoisotopic (exact) mass is 352 g/mol. The van der Waals surface area contributed by atoms with E-state index in [1.54, 1.807) is 32.4 Å². The molecule has 3 atom stereocenters. The second kappa shape index (κ2) is 6.37. The third-order valence-corrected chi connectivity index (χ3v) is 5.33. The third kappa shape index (κ3) is 2.58. The Hall–Kier alpha value is -3.02. The van der Waals surface area contributed by atoms with Gasteiger partial charge in [-0.3, -0.25) is 10.1 Å². The molecule has 2 aromatic rings. The third-order valence-electron chi connectivity index (χ3n) is 5.33. The van der Waals surface area contributed by atoms with Gasteiger partial charge in [0.15, 0.2) is 0 Å². The van der Waals surface area contributed by atoms with Gasteiger partial charge in [0, 0.05) is 29.3 Å². The first-order valence-electron chi connectivity index (χ1n) is 8.56. The SMILES string of the molecule is COc1ccc(OC)c([C@H]2Nc3ccc([N+](=O)[O-])cc3[C@H]3C=CC[C@H]32)c1. The van der Waals surface area contributed by atoms with Gasteiger partial charge in [0.25, 0.3) is 5.69 Å². The van der Waals surface area contributed by atoms with E-state index in [4.69, 9.17) is 9.47 Å². The molecular formula is C20H20N2O4. The molecule has 0 bridgehead atoms. The number of ether oxygens (including phenoxy) is 2. The lowest BCUT2D eigenvalue weighted by atomic mass is 9.76. The Bertz CT molecular complexity index is 893. The number of hydrogen-bond acceptors (Lipinski definition) is 5. The van der Waals surface area contributed by atoms with Crippen molar-refractivity contribution in [2.45, 2.75) is 18.4 Å². The van der Waals surface area contributed by atoms with Crippen molar-refractivity contribution in [3.05, 3.63) is 69.8 Å². The number of non-ortho nitro benzene ring substituents is 1. The number of fused-ring (bicyclic) bond motifs is 3. The molecule has 134 valence electrons. The van der Waals surface area contributed by atoms with Crippen molar-refractivity contribution in [2.75, 3.05) is 19.5 Å². The zero-order valence-electron chi connectivity index (χ0n) is 14.6. The van der Waals surface area contributed by atoms with E-state index in [1.165, 1.54) is 0 Å². The number of nitrogens with one attached hydrogen (secondary N) is 1. The van der Waals surface area contributed by atoms with Crippen molar-refractivity contribution in [1.82, 2.24) is 0 Å². The summed E-state index contributed by atoms with van der Waals surface area (Å²) < 4.78 is 11.0. The Balaban J connectivity index is 1.80. The molecule has 1 aliphatic heterocycles. The van der Waals surface area contributed by atoms with Crippen LogP contribution in [0.2, 0.25) is 0 Å². The number of nitro benzene ring substituents is 1. The molecule has 6 heteroatoms. The van der Waals surface area contributed by atoms with E-state index < -0.39 is 0 Å². The predicted octanol–water partition coefficient (Wildman–Crippen LogP) is 4.44. The van der Waals surface area contributed by atoms with Crippen LogP contribution in [0.3, 0.4) is 0 Å². The number of hydrogen-bond donors (Lipinski definition) is 1. The van der Waals surface area contributed by atoms with E-state index in [0.717, 1.165) is 34.7 Å². The predicted molar refractivity (Wildman–Crippen MR) is 99.0 cm³/mol. The van der Waals surface area contributed by atoms with Crippen LogP contribution >= 0.6 is 0 Å². The molecule has 2 aliphatic rings. The highest BCUT2D eigenvalue weighted by molar-refractivity contribution is 5.63. The summed E-state index contributed by atoms with van der Waals surface area (Å²) in [5, 5.41) is 14.7. The number of rotatable bonds is 4. The number of benzene rings is 2. The van der Waals surface area contributed by atoms with Crippen molar-refractivity contribution < 1.29 is 14.4 Å². The number of nitro groups is 1. The highest BCUT2D eigenvalue weighted by Crippen LogP contribution is 2.52. The maximum Gasteiger partial charge on any atom is 0.269 e. The van der Waals surface area contributed by atoms with Crippen LogP contribution in [0, 0.1) is 16.0 Å². The molecule has 26 heavy (non-hydrogen) atoms. The summed E-state index contributed by atoms with van der Waals surface area (Å²) in [6.07, 6.45) is 5.23. The van der Waals surface area contributed by atoms with E-state index in [-0.39, 0.29) is 28.5 Å². The van der Waals surface area contributed by atoms with Crippen molar-refractivity contribution in [3.8, 4) is 11.5 Å². The Labute approximate surface area is 151 Å². The van der Waals surface area contributed by atoms with Gasteiger partial charge in [-0.1, -0.05) is 12.2 Å². The lowest BCUT2D eigenvalue weighted by Crippen LogP contribution is -2.29. The fourth-order valence-corrected chi connectivity index (χ4v) is 4.09. The van der Waals surface area contributed by atoms with E-state index in [9.17, 15) is 10.1 Å². The van der Waals surface area contributed by atoms with Gasteiger partial charge >= 0.3 is 0 Å². The van der Waals surface area contributed by atoms with Crippen LogP contribution in [0.4, 0.5) is 11.4 Å². The summed E-state index contributed by atoms with van der Waals surface area (Å²) in [6.45, 7) is 0. The van der Waals surface area contributed by atoms with Gasteiger partial charge < -0.3 is 14.8 Å². The van der Waals surface area contributed by atoms with Gasteiger partial charge in [-0.15, -0.1) is 0 Å². The molecule has 1 N–H and O–H groups in total. The molecule has 0 radical (unpaired) electrons. The molecule has 0 fully saturated rings. The number of methoxy groups -OCH3 is 2. The van der Waals surface area contributed by atoms with Crippen LogP contribution in [0.1, 0.15) is 29.5 Å². The molecular weight excluding hydrogens is 332 g/mol. The second-order valence-corrected chi connectivity index (χ2v) is 6.61. The van der Waals surface area contributed by atoms with Gasteiger partial charge in [-0.2, -0.15) is 0 Å². The number of anilines is 1. The minimum Gasteiger partial charge on any atom is -0.497 e. The van der Waals surface area contributed by atoms with Gasteiger partial charge in [0.1, 0.15) is 11.5 Å². The quantitative estimate of drug-likeness (QED) is 0.500. The first-order chi connectivity index (χ1) is 12.6. The van der Waals surface area contributed by atoms with Gasteiger partial charge in [-0.05, 0) is 42.2 Å². The summed E-state index contributed by atoms with van der Waals surface area (Å²) in [6, 6.07) is 10.9. The molecule has 0 saturated heterocycles. The maximum atomic E-state index is 11.2. The zero-order valence-corrected chi connectivity index (χ0v) is 14.6. The Morgan fingerprint density at radius 2 is 1.96 bits per heavy atom. The highest BCUT2D eigenvalue weighted by atomic mass is 16.6. The van der Waals surface area contributed by atoms with Gasteiger partial charge in [0.2, 0.25) is 0 Å². The Kier molecular flexibility index (Phi) is 4.03. The first-order valence-corrected chi connectivity index (χ1v) is 8.56. The molecule has 1 heterocycles. The molecule has 0 saturated carbocycles. The Morgan fingerprint density at radius 1 is 1.12 bits per heavy atom. The minimum absolute atomic E-state index is 0.0361. The second-order valence-electron chi connectivity index (χ2n) is 6.61. The molecule has 0 spiro atoms. The lowest BCUT2D eigenvalue weighted by molar-refractivity contribution is -0.384. The number of nitrogens with zero attached hydrogens (tertiary/aromatic N) is 1. The normalized spacial score (nSPS) is 22.9. The van der Waals surface area contributed by atoms with Crippen LogP contribution in [-0.4, -0.2) is 19.1 Å². The van der Waals surface area contributed by atoms with Crippen LogP contribution < -0.4 is 14.8 Å². The zero-order chi connectivity index (χ0) is 18.3. The fraction of sp³-hybridized carbons (Fsp3) is 0.300. The summed E-state index contributed by atoms with van der Waals surface area (Å²) in [5.41, 5.74) is 3.07. The number of allylic oxidation sites excluding steroid dienone is 2. The van der Waals surface area contributed by atoms with Crippen LogP contribution in [0.25, 0.3) is 0 Å². The van der Waals surface area contributed by atoms with E-state index in [0.29, 0.717) is 0 Å². The molecule has 1 aliphatic carbocycles. The summed E-state index contributed by atoms with van der Waals surface area (Å²) >= 11 is 0. The summed E-state index contributed by atoms with van der Waals surface area (Å²) in [7, 11) is 3.31. The fourth-order valence-electron chi connectivity index (χ4n) is 4.09. The molecule has 2 aromatic carbocycles. The van der Waals surface area contributed by atoms with E-state index in [2.05, 4.69) is 17.5 Å². The average Bonchev–Trinajstić information content (AvgIpc) is 3.16. The van der Waals surface area contributed by atoms with Crippen molar-refractivity contribution in [1.29, 1.82) is 0 Å². The highest BCUT2D eigenvalue weighted by Gasteiger charge is 2.39. The smallest absolute Gasteiger partial charge is 0.269 e. The van der Waals surface area contributed by atoms with E-state index >= 15 is 0 Å². The van der Waals surface area contributed by atoms with Crippen LogP contribution in [0.15, 0.2) is 48.6 Å². The van der Waals surface area contributed by atoms with Crippen LogP contribution in [0.5, 0.6) is 11.5 Å². The molecule has 6 nitrogen and oxygen atoms in total. The van der Waals surface area contributed by atoms with Gasteiger partial charge in [0.05, 0.1) is 25.2 Å². The molecule has 4 rings (SSSR count). The van der Waals surface area contributed by atoms with Crippen molar-refractivity contribution in [3.63, 3.8) is 0 Å². The summed E-state index contributed by atoms with van der Waals surface area (Å²) in [5.74, 6) is 2.00. The maximum absolute atomic E-state index is 11.2. The minimum atomic E-state index is -0.342. The van der Waals surface area contributed by atoms with Crippen molar-refractivity contribution in [2.24, 2.45) is 5.92 Å². The standard InChI is InChI=1S/C20H20N2O4/c1-25-13-7-9-19(26-2)17(11-13)20-15-5-3-4-14(15)16-10-12(22(23)24)6-8-18(16)21-20/h3-4,6-11,14-15,20-21H,5H2,1-2H3/t14-,15+,20-/m0/s1. The topological polar surface area (TPSA) is 73.6 Å². The molecule has 0 amide bonds. The first kappa shape index (κ1) is 16.4. The van der Waals surface area contributed by atoms with Gasteiger partial charge in [-0.25, -0.2) is 0 Å².